The molecule has 136 valence electrons. The maximum absolute atomic E-state index is 12.7. The molecular weight excluding hydrogens is 352 g/mol. The predicted octanol–water partition coefficient (Wildman–Crippen LogP) is 2.30. The van der Waals surface area contributed by atoms with E-state index in [1.165, 1.54) is 6.07 Å². The van der Waals surface area contributed by atoms with Gasteiger partial charge in [-0.1, -0.05) is 11.6 Å². The van der Waals surface area contributed by atoms with Gasteiger partial charge in [-0.25, -0.2) is 13.1 Å². The second-order valence-corrected chi connectivity index (χ2v) is 8.67. The molecule has 1 aliphatic heterocycles. The largest absolute Gasteiger partial charge is 0.489 e. The molecule has 2 rings (SSSR count). The minimum absolute atomic E-state index is 0.00679. The van der Waals surface area contributed by atoms with E-state index in [0.717, 1.165) is 19.3 Å². The summed E-state index contributed by atoms with van der Waals surface area (Å²) in [7, 11) is -3.82. The normalized spacial score (nSPS) is 19.2. The third kappa shape index (κ3) is 5.32. The highest BCUT2D eigenvalue weighted by atomic mass is 35.5. The second-order valence-electron chi connectivity index (χ2n) is 6.58. The first kappa shape index (κ1) is 19.5. The monoisotopic (exact) mass is 376 g/mol. The highest BCUT2D eigenvalue weighted by Crippen LogP contribution is 2.29. The van der Waals surface area contributed by atoms with Crippen molar-refractivity contribution in [2.45, 2.75) is 49.6 Å². The van der Waals surface area contributed by atoms with Crippen molar-refractivity contribution in [2.24, 2.45) is 5.73 Å². The molecule has 3 N–H and O–H groups in total. The Bertz CT molecular complexity index is 658. The topological polar surface area (TPSA) is 90.7 Å². The molecule has 1 unspecified atom stereocenters. The minimum Gasteiger partial charge on any atom is -0.489 e. The number of hydrogen-bond acceptors (Lipinski definition) is 5. The molecule has 0 amide bonds. The summed E-state index contributed by atoms with van der Waals surface area (Å²) in [5.74, 6) is 0.258. The van der Waals surface area contributed by atoms with Crippen molar-refractivity contribution in [3.8, 4) is 5.75 Å². The summed E-state index contributed by atoms with van der Waals surface area (Å²) < 4.78 is 39.3. The molecule has 0 aromatic heterocycles. The second kappa shape index (κ2) is 8.01. The molecule has 1 atom stereocenters. The molecule has 0 aliphatic carbocycles. The smallest absolute Gasteiger partial charge is 0.244 e. The first-order chi connectivity index (χ1) is 11.2. The van der Waals surface area contributed by atoms with Crippen LogP contribution in [0.1, 0.15) is 33.1 Å². The van der Waals surface area contributed by atoms with Gasteiger partial charge in [-0.05, 0) is 51.3 Å². The van der Waals surface area contributed by atoms with Gasteiger partial charge < -0.3 is 15.2 Å². The van der Waals surface area contributed by atoms with Crippen LogP contribution in [0.2, 0.25) is 5.02 Å². The average Bonchev–Trinajstić information content (AvgIpc) is 2.54. The summed E-state index contributed by atoms with van der Waals surface area (Å²) in [6.45, 7) is 4.62. The molecule has 24 heavy (non-hydrogen) atoms. The molecule has 1 fully saturated rings. The van der Waals surface area contributed by atoms with Gasteiger partial charge >= 0.3 is 0 Å². The van der Waals surface area contributed by atoms with E-state index in [2.05, 4.69) is 4.72 Å². The molecule has 1 aromatic rings. The van der Waals surface area contributed by atoms with Crippen molar-refractivity contribution in [1.82, 2.24) is 4.72 Å². The Morgan fingerprint density at radius 2 is 2.17 bits per heavy atom. The van der Waals surface area contributed by atoms with Crippen molar-refractivity contribution in [1.29, 1.82) is 0 Å². The fourth-order valence-electron chi connectivity index (χ4n) is 2.39. The molecule has 0 bridgehead atoms. The van der Waals surface area contributed by atoms with Crippen molar-refractivity contribution in [3.05, 3.63) is 23.2 Å². The van der Waals surface area contributed by atoms with Crippen molar-refractivity contribution < 1.29 is 17.9 Å². The van der Waals surface area contributed by atoms with E-state index in [-0.39, 0.29) is 23.3 Å². The molecule has 1 heterocycles. The van der Waals surface area contributed by atoms with Gasteiger partial charge in [0.15, 0.2) is 0 Å². The van der Waals surface area contributed by atoms with Crippen LogP contribution in [-0.4, -0.2) is 39.8 Å². The lowest BCUT2D eigenvalue weighted by atomic mass is 10.1. The van der Waals surface area contributed by atoms with Gasteiger partial charge in [0.05, 0.1) is 6.10 Å². The quantitative estimate of drug-likeness (QED) is 0.762. The Kier molecular flexibility index (Phi) is 6.50. The number of sulfonamides is 1. The van der Waals surface area contributed by atoms with Crippen LogP contribution in [0.25, 0.3) is 0 Å². The van der Waals surface area contributed by atoms with Crippen LogP contribution < -0.4 is 15.2 Å². The number of ether oxygens (including phenoxy) is 2. The lowest BCUT2D eigenvalue weighted by Gasteiger charge is -2.26. The highest BCUT2D eigenvalue weighted by molar-refractivity contribution is 7.89. The van der Waals surface area contributed by atoms with Crippen molar-refractivity contribution in [3.63, 3.8) is 0 Å². The van der Waals surface area contributed by atoms with Gasteiger partial charge in [-0.15, -0.1) is 0 Å². The SMILES string of the molecule is CC(C)(CN)NS(=O)(=O)c1cc(Cl)ccc1OCC1CCCCO1. The third-order valence-corrected chi connectivity index (χ3v) is 5.77. The maximum Gasteiger partial charge on any atom is 0.244 e. The van der Waals surface area contributed by atoms with Gasteiger partial charge in [0.2, 0.25) is 10.0 Å². The van der Waals surface area contributed by atoms with Gasteiger partial charge in [0.25, 0.3) is 0 Å². The summed E-state index contributed by atoms with van der Waals surface area (Å²) in [4.78, 5) is 0.00679. The van der Waals surface area contributed by atoms with Crippen LogP contribution in [0.3, 0.4) is 0 Å². The Labute approximate surface area is 148 Å². The zero-order valence-corrected chi connectivity index (χ0v) is 15.6. The number of hydrogen-bond donors (Lipinski definition) is 2. The minimum atomic E-state index is -3.82. The molecule has 0 saturated carbocycles. The number of nitrogens with one attached hydrogen (secondary N) is 1. The number of nitrogens with two attached hydrogens (primary N) is 1. The summed E-state index contributed by atoms with van der Waals surface area (Å²) in [5.41, 5.74) is 4.84. The molecule has 1 aliphatic rings. The van der Waals surface area contributed by atoms with Crippen LogP contribution in [0.15, 0.2) is 23.1 Å². The van der Waals surface area contributed by atoms with Gasteiger partial charge in [0, 0.05) is 23.7 Å². The standard InChI is InChI=1S/C16H25ClN2O4S/c1-16(2,11-18)19-24(20,21)15-9-12(17)6-7-14(15)23-10-13-5-3-4-8-22-13/h6-7,9,13,19H,3-5,8,10-11,18H2,1-2H3. The maximum atomic E-state index is 12.7. The lowest BCUT2D eigenvalue weighted by Crippen LogP contribution is -2.48. The van der Waals surface area contributed by atoms with Crippen LogP contribution in [0.4, 0.5) is 0 Å². The molecule has 1 aromatic carbocycles. The molecule has 8 heteroatoms. The average molecular weight is 377 g/mol. The van der Waals surface area contributed by atoms with Gasteiger partial charge in [-0.2, -0.15) is 0 Å². The number of benzene rings is 1. The van der Waals surface area contributed by atoms with Gasteiger partial charge in [0.1, 0.15) is 17.3 Å². The third-order valence-electron chi connectivity index (χ3n) is 3.81. The first-order valence-electron chi connectivity index (χ1n) is 8.01. The molecule has 0 radical (unpaired) electrons. The van der Waals surface area contributed by atoms with Crippen molar-refractivity contribution >= 4 is 21.6 Å². The molecular formula is C16H25ClN2O4S. The van der Waals surface area contributed by atoms with E-state index < -0.39 is 15.6 Å². The Balaban J connectivity index is 2.20. The number of halogens is 1. The highest BCUT2D eigenvalue weighted by Gasteiger charge is 2.28. The van der Waals surface area contributed by atoms with Crippen LogP contribution in [0.5, 0.6) is 5.75 Å². The van der Waals surface area contributed by atoms with E-state index >= 15 is 0 Å². The first-order valence-corrected chi connectivity index (χ1v) is 9.88. The molecule has 1 saturated heterocycles. The lowest BCUT2D eigenvalue weighted by molar-refractivity contribution is -0.0116. The summed E-state index contributed by atoms with van der Waals surface area (Å²) in [5, 5.41) is 0.321. The summed E-state index contributed by atoms with van der Waals surface area (Å²) in [6, 6.07) is 4.55. The van der Waals surface area contributed by atoms with E-state index in [4.69, 9.17) is 26.8 Å². The van der Waals surface area contributed by atoms with E-state index in [9.17, 15) is 8.42 Å². The Hall–Kier alpha value is -0.860. The summed E-state index contributed by atoms with van der Waals surface area (Å²) >= 11 is 5.98. The van der Waals surface area contributed by atoms with Gasteiger partial charge in [-0.3, -0.25) is 0 Å². The van der Waals surface area contributed by atoms with E-state index in [0.29, 0.717) is 18.2 Å². The fourth-order valence-corrected chi connectivity index (χ4v) is 4.22. The van der Waals surface area contributed by atoms with Crippen molar-refractivity contribution in [2.75, 3.05) is 19.8 Å². The van der Waals surface area contributed by atoms with Crippen LogP contribution in [0, 0.1) is 0 Å². The molecule has 6 nitrogen and oxygen atoms in total. The Morgan fingerprint density at radius 3 is 2.79 bits per heavy atom. The zero-order chi connectivity index (χ0) is 17.8. The molecule has 0 spiro atoms. The predicted molar refractivity (Wildman–Crippen MR) is 94.0 cm³/mol. The zero-order valence-electron chi connectivity index (χ0n) is 14.0. The van der Waals surface area contributed by atoms with E-state index in [1.54, 1.807) is 26.0 Å². The van der Waals surface area contributed by atoms with E-state index in [1.807, 2.05) is 0 Å². The fraction of sp³-hybridized carbons (Fsp3) is 0.625. The Morgan fingerprint density at radius 1 is 1.42 bits per heavy atom. The summed E-state index contributed by atoms with van der Waals surface area (Å²) in [6.07, 6.45) is 3.04. The van der Waals surface area contributed by atoms with Crippen LogP contribution in [-0.2, 0) is 14.8 Å². The van der Waals surface area contributed by atoms with Crippen LogP contribution >= 0.6 is 11.6 Å². The number of rotatable bonds is 7.